The Labute approximate surface area is 152 Å². The summed E-state index contributed by atoms with van der Waals surface area (Å²) in [7, 11) is -2.97. The van der Waals surface area contributed by atoms with Gasteiger partial charge in [-0.05, 0) is 24.5 Å². The smallest absolute Gasteiger partial charge is 0.277 e. The molecule has 3 rings (SSSR count). The van der Waals surface area contributed by atoms with Crippen LogP contribution in [-0.4, -0.2) is 41.8 Å². The van der Waals surface area contributed by atoms with Crippen molar-refractivity contribution in [1.82, 2.24) is 10.2 Å². The molecule has 26 heavy (non-hydrogen) atoms. The van der Waals surface area contributed by atoms with E-state index in [1.807, 2.05) is 0 Å². The molecule has 11 heteroatoms. The minimum Gasteiger partial charge on any atom is -0.416 e. The van der Waals surface area contributed by atoms with Crippen LogP contribution < -0.4 is 5.32 Å². The van der Waals surface area contributed by atoms with E-state index in [9.17, 15) is 22.0 Å². The molecule has 0 radical (unpaired) electrons. The van der Waals surface area contributed by atoms with Gasteiger partial charge in [0, 0.05) is 12.5 Å². The summed E-state index contributed by atoms with van der Waals surface area (Å²) in [6.45, 7) is 0. The lowest BCUT2D eigenvalue weighted by molar-refractivity contribution is -0.113. The summed E-state index contributed by atoms with van der Waals surface area (Å²) in [4.78, 5) is 11.8. The van der Waals surface area contributed by atoms with Gasteiger partial charge in [-0.15, -0.1) is 10.2 Å². The lowest BCUT2D eigenvalue weighted by atomic mass is 10.1. The number of nitrogens with one attached hydrogen (secondary N) is 1. The molecule has 1 aromatic heterocycles. The maximum absolute atomic E-state index is 13.5. The van der Waals surface area contributed by atoms with Crippen LogP contribution in [0.5, 0.6) is 0 Å². The number of rotatable bonds is 6. The van der Waals surface area contributed by atoms with E-state index in [0.717, 1.165) is 30.0 Å². The molecule has 7 nitrogen and oxygen atoms in total. The molecule has 0 aliphatic carbocycles. The molecule has 1 amide bonds. The van der Waals surface area contributed by atoms with E-state index in [0.29, 0.717) is 18.7 Å². The zero-order chi connectivity index (χ0) is 18.7. The van der Waals surface area contributed by atoms with E-state index in [1.54, 1.807) is 0 Å². The average Bonchev–Trinajstić information content (AvgIpc) is 3.15. The Balaban J connectivity index is 1.50. The Hall–Kier alpha value is -2.01. The molecule has 1 saturated heterocycles. The van der Waals surface area contributed by atoms with Gasteiger partial charge in [-0.3, -0.25) is 4.79 Å². The second-order valence-electron chi connectivity index (χ2n) is 5.90. The van der Waals surface area contributed by atoms with Crippen molar-refractivity contribution < 1.29 is 26.4 Å². The van der Waals surface area contributed by atoms with Gasteiger partial charge in [-0.2, -0.15) is 0 Å². The van der Waals surface area contributed by atoms with Crippen molar-refractivity contribution in [2.45, 2.75) is 18.1 Å². The van der Waals surface area contributed by atoms with E-state index in [4.69, 9.17) is 4.42 Å². The number of aromatic nitrogens is 2. The number of sulfone groups is 1. The number of halogens is 2. The van der Waals surface area contributed by atoms with Crippen molar-refractivity contribution in [2.75, 3.05) is 22.6 Å². The third kappa shape index (κ3) is 5.01. The number of anilines is 1. The molecule has 1 aromatic carbocycles. The third-order valence-electron chi connectivity index (χ3n) is 3.77. The molecule has 1 aliphatic heterocycles. The molecule has 0 spiro atoms. The highest BCUT2D eigenvalue weighted by Crippen LogP contribution is 2.24. The minimum atomic E-state index is -2.97. The second kappa shape index (κ2) is 7.70. The van der Waals surface area contributed by atoms with Crippen molar-refractivity contribution >= 4 is 33.2 Å². The Bertz CT molecular complexity index is 917. The topological polar surface area (TPSA) is 102 Å². The molecule has 0 unspecified atom stereocenters. The van der Waals surface area contributed by atoms with Crippen LogP contribution in [0.3, 0.4) is 0 Å². The van der Waals surface area contributed by atoms with Crippen molar-refractivity contribution in [3.05, 3.63) is 35.7 Å². The highest BCUT2D eigenvalue weighted by Gasteiger charge is 2.29. The number of thioether (sulfide) groups is 1. The van der Waals surface area contributed by atoms with Crippen LogP contribution in [0.25, 0.3) is 0 Å². The lowest BCUT2D eigenvalue weighted by Gasteiger charge is -2.05. The van der Waals surface area contributed by atoms with E-state index < -0.39 is 27.4 Å². The first-order valence-corrected chi connectivity index (χ1v) is 10.5. The number of carbonyl (C=O) groups is 1. The van der Waals surface area contributed by atoms with Gasteiger partial charge in [0.15, 0.2) is 9.84 Å². The van der Waals surface area contributed by atoms with Crippen molar-refractivity contribution in [2.24, 2.45) is 5.92 Å². The summed E-state index contributed by atoms with van der Waals surface area (Å²) in [6.07, 6.45) is 0.933. The van der Waals surface area contributed by atoms with Gasteiger partial charge in [-0.25, -0.2) is 17.2 Å². The molecule has 1 atom stereocenters. The highest BCUT2D eigenvalue weighted by atomic mass is 32.2. The van der Waals surface area contributed by atoms with Gasteiger partial charge in [0.2, 0.25) is 11.8 Å². The Kier molecular flexibility index (Phi) is 5.56. The van der Waals surface area contributed by atoms with Crippen LogP contribution in [0.1, 0.15) is 12.3 Å². The van der Waals surface area contributed by atoms with Gasteiger partial charge in [0.1, 0.15) is 11.6 Å². The molecule has 0 bridgehead atoms. The quantitative estimate of drug-likeness (QED) is 0.737. The number of hydrogen-bond acceptors (Lipinski definition) is 7. The number of nitrogens with zero attached hydrogens (tertiary/aromatic N) is 2. The van der Waals surface area contributed by atoms with Crippen LogP contribution in [0.2, 0.25) is 0 Å². The van der Waals surface area contributed by atoms with Gasteiger partial charge >= 0.3 is 0 Å². The van der Waals surface area contributed by atoms with Crippen LogP contribution in [-0.2, 0) is 21.1 Å². The molecule has 140 valence electrons. The van der Waals surface area contributed by atoms with Gasteiger partial charge in [-0.1, -0.05) is 11.8 Å². The monoisotopic (exact) mass is 403 g/mol. The van der Waals surface area contributed by atoms with Gasteiger partial charge in [0.25, 0.3) is 5.22 Å². The summed E-state index contributed by atoms with van der Waals surface area (Å²) >= 11 is 0.950. The molecular formula is C15H15F2N3O4S2. The number of hydrogen-bond donors (Lipinski definition) is 1. The highest BCUT2D eigenvalue weighted by molar-refractivity contribution is 7.99. The first-order chi connectivity index (χ1) is 12.3. The van der Waals surface area contributed by atoms with Crippen LogP contribution >= 0.6 is 11.8 Å². The summed E-state index contributed by atoms with van der Waals surface area (Å²) < 4.78 is 54.8. The predicted molar refractivity (Wildman–Crippen MR) is 90.5 cm³/mol. The molecule has 2 heterocycles. The summed E-state index contributed by atoms with van der Waals surface area (Å²) in [5, 5.41) is 10.0. The van der Waals surface area contributed by atoms with Gasteiger partial charge in [0.05, 0.1) is 22.9 Å². The van der Waals surface area contributed by atoms with Gasteiger partial charge < -0.3 is 9.73 Å². The fraction of sp³-hybridized carbons (Fsp3) is 0.400. The minimum absolute atomic E-state index is 0.0439. The fourth-order valence-corrected chi connectivity index (χ4v) is 5.01. The predicted octanol–water partition coefficient (Wildman–Crippen LogP) is 2.06. The van der Waals surface area contributed by atoms with E-state index in [-0.39, 0.29) is 34.1 Å². The molecular weight excluding hydrogens is 388 g/mol. The van der Waals surface area contributed by atoms with E-state index in [2.05, 4.69) is 15.5 Å². The van der Waals surface area contributed by atoms with Crippen molar-refractivity contribution in [3.63, 3.8) is 0 Å². The normalized spacial score (nSPS) is 18.8. The largest absolute Gasteiger partial charge is 0.416 e. The molecule has 2 aromatic rings. The summed E-state index contributed by atoms with van der Waals surface area (Å²) in [6, 6.07) is 2.76. The Morgan fingerprint density at radius 3 is 2.88 bits per heavy atom. The zero-order valence-electron chi connectivity index (χ0n) is 13.4. The first kappa shape index (κ1) is 18.8. The summed E-state index contributed by atoms with van der Waals surface area (Å²) in [5.41, 5.74) is -0.246. The molecule has 0 saturated carbocycles. The van der Waals surface area contributed by atoms with Crippen molar-refractivity contribution in [3.8, 4) is 0 Å². The summed E-state index contributed by atoms with van der Waals surface area (Å²) in [5.74, 6) is -1.54. The maximum Gasteiger partial charge on any atom is 0.277 e. The number of carbonyl (C=O) groups excluding carboxylic acids is 1. The SMILES string of the molecule is O=C(CSc1nnc(C[C@H]2CCS(=O)(=O)C2)o1)Nc1cc(F)ccc1F. The fourth-order valence-electron chi connectivity index (χ4n) is 2.57. The molecule has 1 N–H and O–H groups in total. The second-order valence-corrected chi connectivity index (χ2v) is 9.05. The van der Waals surface area contributed by atoms with E-state index >= 15 is 0 Å². The zero-order valence-corrected chi connectivity index (χ0v) is 15.1. The van der Waals surface area contributed by atoms with Crippen LogP contribution in [0.4, 0.5) is 14.5 Å². The first-order valence-electron chi connectivity index (χ1n) is 7.71. The Morgan fingerprint density at radius 1 is 1.35 bits per heavy atom. The maximum atomic E-state index is 13.5. The van der Waals surface area contributed by atoms with Crippen LogP contribution in [0.15, 0.2) is 27.8 Å². The Morgan fingerprint density at radius 2 is 2.15 bits per heavy atom. The van der Waals surface area contributed by atoms with Crippen LogP contribution in [0, 0.1) is 17.6 Å². The molecule has 1 aliphatic rings. The van der Waals surface area contributed by atoms with Crippen molar-refractivity contribution in [1.29, 1.82) is 0 Å². The number of amides is 1. The van der Waals surface area contributed by atoms with E-state index in [1.165, 1.54) is 0 Å². The standard InChI is InChI=1S/C15H15F2N3O4S2/c16-10-1-2-11(17)12(6-10)18-13(21)7-25-15-20-19-14(24-15)5-9-3-4-26(22,23)8-9/h1-2,6,9H,3-5,7-8H2,(H,18,21)/t9-/m1/s1. The average molecular weight is 403 g/mol. The lowest BCUT2D eigenvalue weighted by Crippen LogP contribution is -2.15. The number of benzene rings is 1. The molecule has 1 fully saturated rings. The third-order valence-corrected chi connectivity index (χ3v) is 6.42.